The van der Waals surface area contributed by atoms with E-state index in [1.54, 1.807) is 9.58 Å². The van der Waals surface area contributed by atoms with Gasteiger partial charge in [0.2, 0.25) is 0 Å². The maximum atomic E-state index is 12.2. The molecule has 0 atom stereocenters. The lowest BCUT2D eigenvalue weighted by Crippen LogP contribution is -2.41. The highest BCUT2D eigenvalue weighted by Gasteiger charge is 2.31. The minimum atomic E-state index is -0.296. The van der Waals surface area contributed by atoms with E-state index < -0.39 is 0 Å². The second-order valence-electron chi connectivity index (χ2n) is 6.79. The first kappa shape index (κ1) is 15.9. The number of H-pyrrole nitrogens is 1. The van der Waals surface area contributed by atoms with Crippen LogP contribution in [-0.2, 0) is 11.3 Å². The van der Waals surface area contributed by atoms with Gasteiger partial charge in [-0.15, -0.1) is 0 Å². The molecule has 1 saturated heterocycles. The van der Waals surface area contributed by atoms with Gasteiger partial charge in [0.05, 0.1) is 6.04 Å². The largest absolute Gasteiger partial charge is 0.445 e. The molecule has 7 heteroatoms. The molecule has 1 saturated carbocycles. The van der Waals surface area contributed by atoms with Gasteiger partial charge in [-0.2, -0.15) is 5.10 Å². The number of amides is 1. The number of nitrogens with one attached hydrogen (secondary N) is 1. The van der Waals surface area contributed by atoms with E-state index in [2.05, 4.69) is 10.1 Å². The molecule has 1 N–H and O–H groups in total. The zero-order valence-electron chi connectivity index (χ0n) is 14.1. The van der Waals surface area contributed by atoms with Crippen LogP contribution in [0.15, 0.2) is 35.1 Å². The van der Waals surface area contributed by atoms with Gasteiger partial charge in [-0.1, -0.05) is 30.3 Å². The van der Waals surface area contributed by atoms with Crippen LogP contribution in [0.4, 0.5) is 4.79 Å². The highest BCUT2D eigenvalue weighted by atomic mass is 16.6. The SMILES string of the molecule is O=C(OCc1ccccc1)N1CCC(n2nc(C3CC3)[nH]c2=O)CC1. The second kappa shape index (κ2) is 6.74. The van der Waals surface area contributed by atoms with Crippen molar-refractivity contribution in [3.63, 3.8) is 0 Å². The van der Waals surface area contributed by atoms with Crippen LogP contribution in [-0.4, -0.2) is 38.8 Å². The van der Waals surface area contributed by atoms with E-state index in [0.29, 0.717) is 19.0 Å². The first-order valence-corrected chi connectivity index (χ1v) is 8.85. The number of rotatable bonds is 4. The van der Waals surface area contributed by atoms with Crippen molar-refractivity contribution >= 4 is 6.09 Å². The average Bonchev–Trinajstić information content (AvgIpc) is 3.43. The minimum absolute atomic E-state index is 0.0504. The number of benzene rings is 1. The molecule has 1 aliphatic heterocycles. The Labute approximate surface area is 145 Å². The number of hydrogen-bond acceptors (Lipinski definition) is 4. The Hall–Kier alpha value is -2.57. The number of hydrogen-bond donors (Lipinski definition) is 1. The van der Waals surface area contributed by atoms with Crippen LogP contribution in [0.3, 0.4) is 0 Å². The third-order valence-electron chi connectivity index (χ3n) is 4.90. The first-order chi connectivity index (χ1) is 12.2. The quantitative estimate of drug-likeness (QED) is 0.925. The lowest BCUT2D eigenvalue weighted by Gasteiger charge is -2.30. The molecule has 0 bridgehead atoms. The third-order valence-corrected chi connectivity index (χ3v) is 4.90. The van der Waals surface area contributed by atoms with Crippen molar-refractivity contribution in [1.82, 2.24) is 19.7 Å². The number of carbonyl (C=O) groups is 1. The molecule has 2 fully saturated rings. The van der Waals surface area contributed by atoms with Gasteiger partial charge in [-0.25, -0.2) is 14.3 Å². The highest BCUT2D eigenvalue weighted by Crippen LogP contribution is 2.37. The Kier molecular flexibility index (Phi) is 4.29. The van der Waals surface area contributed by atoms with E-state index in [1.807, 2.05) is 30.3 Å². The summed E-state index contributed by atoms with van der Waals surface area (Å²) in [7, 11) is 0. The molecule has 0 radical (unpaired) electrons. The normalized spacial score (nSPS) is 18.3. The van der Waals surface area contributed by atoms with Crippen molar-refractivity contribution in [3.05, 3.63) is 52.2 Å². The molecule has 4 rings (SSSR count). The van der Waals surface area contributed by atoms with E-state index in [0.717, 1.165) is 37.1 Å². The maximum Gasteiger partial charge on any atom is 0.410 e. The second-order valence-corrected chi connectivity index (χ2v) is 6.79. The third kappa shape index (κ3) is 3.60. The summed E-state index contributed by atoms with van der Waals surface area (Å²) < 4.78 is 6.94. The minimum Gasteiger partial charge on any atom is -0.445 e. The predicted molar refractivity (Wildman–Crippen MR) is 91.3 cm³/mol. The van der Waals surface area contributed by atoms with Crippen LogP contribution in [0, 0.1) is 0 Å². The summed E-state index contributed by atoms with van der Waals surface area (Å²) in [5, 5.41) is 4.46. The summed E-state index contributed by atoms with van der Waals surface area (Å²) in [4.78, 5) is 28.9. The van der Waals surface area contributed by atoms with Crippen molar-refractivity contribution in [2.75, 3.05) is 13.1 Å². The number of aromatic amines is 1. The van der Waals surface area contributed by atoms with E-state index in [9.17, 15) is 9.59 Å². The number of aromatic nitrogens is 3. The molecule has 0 unspecified atom stereocenters. The standard InChI is InChI=1S/C18H22N4O3/c23-17-19-16(14-6-7-14)20-22(17)15-8-10-21(11-9-15)18(24)25-12-13-4-2-1-3-5-13/h1-5,14-15H,6-12H2,(H,19,20,23). The van der Waals surface area contributed by atoms with Gasteiger partial charge < -0.3 is 9.64 Å². The summed E-state index contributed by atoms with van der Waals surface area (Å²) in [6.45, 7) is 1.44. The molecule has 1 aromatic carbocycles. The lowest BCUT2D eigenvalue weighted by atomic mass is 10.1. The van der Waals surface area contributed by atoms with Crippen LogP contribution in [0.2, 0.25) is 0 Å². The summed E-state index contributed by atoms with van der Waals surface area (Å²) in [6, 6.07) is 9.69. The van der Waals surface area contributed by atoms with Crippen molar-refractivity contribution in [2.45, 2.75) is 44.2 Å². The number of nitrogens with zero attached hydrogens (tertiary/aromatic N) is 3. The van der Waals surface area contributed by atoms with Crippen LogP contribution in [0.1, 0.15) is 49.0 Å². The lowest BCUT2D eigenvalue weighted by molar-refractivity contribution is 0.0818. The first-order valence-electron chi connectivity index (χ1n) is 8.85. The molecule has 132 valence electrons. The van der Waals surface area contributed by atoms with Crippen LogP contribution in [0.5, 0.6) is 0 Å². The molecule has 2 aliphatic rings. The summed E-state index contributed by atoms with van der Waals surface area (Å²) in [5.41, 5.74) is 0.841. The number of ether oxygens (including phenoxy) is 1. The van der Waals surface area contributed by atoms with Crippen molar-refractivity contribution in [1.29, 1.82) is 0 Å². The Morgan fingerprint density at radius 1 is 1.16 bits per heavy atom. The number of carbonyl (C=O) groups excluding carboxylic acids is 1. The monoisotopic (exact) mass is 342 g/mol. The fourth-order valence-electron chi connectivity index (χ4n) is 3.24. The van der Waals surface area contributed by atoms with Gasteiger partial charge >= 0.3 is 11.8 Å². The van der Waals surface area contributed by atoms with Gasteiger partial charge in [0, 0.05) is 19.0 Å². The summed E-state index contributed by atoms with van der Waals surface area (Å²) in [6.07, 6.45) is 3.36. The van der Waals surface area contributed by atoms with Gasteiger partial charge in [-0.05, 0) is 31.2 Å². The molecular formula is C18H22N4O3. The molecule has 1 amide bonds. The topological polar surface area (TPSA) is 80.2 Å². The molecule has 1 aliphatic carbocycles. The number of piperidine rings is 1. The van der Waals surface area contributed by atoms with Gasteiger partial charge in [-0.3, -0.25) is 4.98 Å². The van der Waals surface area contributed by atoms with E-state index >= 15 is 0 Å². The zero-order valence-corrected chi connectivity index (χ0v) is 14.1. The predicted octanol–water partition coefficient (Wildman–Crippen LogP) is 2.42. The van der Waals surface area contributed by atoms with Crippen LogP contribution in [0.25, 0.3) is 0 Å². The molecule has 2 aromatic rings. The molecule has 7 nitrogen and oxygen atoms in total. The number of likely N-dealkylation sites (tertiary alicyclic amines) is 1. The van der Waals surface area contributed by atoms with E-state index in [1.165, 1.54) is 0 Å². The molecule has 2 heterocycles. The Bertz CT molecular complexity index is 786. The molecular weight excluding hydrogens is 320 g/mol. The van der Waals surface area contributed by atoms with Gasteiger partial charge in [0.25, 0.3) is 0 Å². The summed E-state index contributed by atoms with van der Waals surface area (Å²) >= 11 is 0. The molecule has 1 aromatic heterocycles. The van der Waals surface area contributed by atoms with Crippen LogP contribution >= 0.6 is 0 Å². The Morgan fingerprint density at radius 2 is 1.88 bits per heavy atom. The van der Waals surface area contributed by atoms with Crippen molar-refractivity contribution in [3.8, 4) is 0 Å². The van der Waals surface area contributed by atoms with E-state index in [4.69, 9.17) is 4.74 Å². The maximum absolute atomic E-state index is 12.2. The highest BCUT2D eigenvalue weighted by molar-refractivity contribution is 5.67. The Morgan fingerprint density at radius 3 is 2.56 bits per heavy atom. The van der Waals surface area contributed by atoms with Crippen molar-refractivity contribution in [2.24, 2.45) is 0 Å². The summed E-state index contributed by atoms with van der Waals surface area (Å²) in [5.74, 6) is 1.25. The zero-order chi connectivity index (χ0) is 17.2. The fraction of sp³-hybridized carbons (Fsp3) is 0.500. The van der Waals surface area contributed by atoms with Crippen LogP contribution < -0.4 is 5.69 Å². The van der Waals surface area contributed by atoms with Gasteiger partial charge in [0.15, 0.2) is 0 Å². The van der Waals surface area contributed by atoms with E-state index in [-0.39, 0.29) is 24.4 Å². The van der Waals surface area contributed by atoms with Crippen molar-refractivity contribution < 1.29 is 9.53 Å². The molecule has 0 spiro atoms. The Balaban J connectivity index is 1.30. The van der Waals surface area contributed by atoms with Gasteiger partial charge in [0.1, 0.15) is 12.4 Å². The fourth-order valence-corrected chi connectivity index (χ4v) is 3.24. The molecule has 25 heavy (non-hydrogen) atoms. The smallest absolute Gasteiger partial charge is 0.410 e. The average molecular weight is 342 g/mol.